The molecule has 37 heavy (non-hydrogen) atoms. The van der Waals surface area contributed by atoms with Gasteiger partial charge in [-0.3, -0.25) is 14.4 Å². The molecule has 0 saturated heterocycles. The average molecular weight is 553 g/mol. The summed E-state index contributed by atoms with van der Waals surface area (Å²) >= 11 is 12.1. The minimum absolute atomic E-state index is 0.0386. The van der Waals surface area contributed by atoms with E-state index in [1.54, 1.807) is 6.08 Å². The molecule has 0 aliphatic carbocycles. The Balaban J connectivity index is 2.89. The Kier molecular flexibility index (Phi) is 14.3. The summed E-state index contributed by atoms with van der Waals surface area (Å²) in [5.74, 6) is -2.45. The van der Waals surface area contributed by atoms with E-state index < -0.39 is 36.8 Å². The molecule has 0 saturated carbocycles. The average Bonchev–Trinajstić information content (AvgIpc) is 2.81. The van der Waals surface area contributed by atoms with E-state index in [0.29, 0.717) is 24.3 Å². The Hall–Kier alpha value is -2.58. The number of nitrogens with one attached hydrogen (secondary N) is 3. The van der Waals surface area contributed by atoms with E-state index >= 15 is 0 Å². The number of hydrogen-bond acceptors (Lipinski definition) is 6. The summed E-state index contributed by atoms with van der Waals surface area (Å²) in [7, 11) is -1.77. The van der Waals surface area contributed by atoms with Gasteiger partial charge in [-0.05, 0) is 55.7 Å². The van der Waals surface area contributed by atoms with Crippen molar-refractivity contribution in [3.05, 3.63) is 45.5 Å². The van der Waals surface area contributed by atoms with Crippen molar-refractivity contribution in [1.29, 1.82) is 5.26 Å². The number of unbranched alkanes of at least 4 members (excludes halogenated alkanes) is 1. The smallest absolute Gasteiger partial charge is 0.426 e. The van der Waals surface area contributed by atoms with Crippen molar-refractivity contribution in [3.63, 3.8) is 0 Å². The molecule has 202 valence electrons. The number of allylic oxidation sites excluding steroid dienone is 1. The Morgan fingerprint density at radius 3 is 2.35 bits per heavy atom. The highest BCUT2D eigenvalue weighted by Gasteiger charge is 2.30. The fourth-order valence-corrected chi connectivity index (χ4v) is 3.87. The van der Waals surface area contributed by atoms with Crippen molar-refractivity contribution in [2.45, 2.75) is 65.4 Å². The highest BCUT2D eigenvalue weighted by molar-refractivity contribution is 6.43. The zero-order chi connectivity index (χ0) is 28.1. The molecule has 0 aromatic heterocycles. The van der Waals surface area contributed by atoms with Crippen LogP contribution in [0.25, 0.3) is 0 Å². The van der Waals surface area contributed by atoms with Crippen molar-refractivity contribution < 1.29 is 24.4 Å². The van der Waals surface area contributed by atoms with Gasteiger partial charge in [0.05, 0.1) is 16.5 Å². The lowest BCUT2D eigenvalue weighted by Gasteiger charge is -2.24. The summed E-state index contributed by atoms with van der Waals surface area (Å²) < 4.78 is 0. The number of nitrogens with zero attached hydrogens (tertiary/aromatic N) is 1. The van der Waals surface area contributed by atoms with E-state index in [4.69, 9.17) is 28.5 Å². The fourth-order valence-electron chi connectivity index (χ4n) is 3.49. The van der Waals surface area contributed by atoms with Crippen LogP contribution >= 0.6 is 23.2 Å². The largest absolute Gasteiger partial charge is 0.475 e. The monoisotopic (exact) mass is 552 g/mol. The lowest BCUT2D eigenvalue weighted by atomic mass is 9.75. The molecule has 1 aromatic rings. The van der Waals surface area contributed by atoms with Gasteiger partial charge < -0.3 is 26.0 Å². The molecule has 0 fully saturated rings. The van der Waals surface area contributed by atoms with E-state index in [9.17, 15) is 24.4 Å². The second-order valence-corrected chi connectivity index (χ2v) is 10.3. The molecule has 12 heteroatoms. The summed E-state index contributed by atoms with van der Waals surface area (Å²) in [4.78, 5) is 38.1. The summed E-state index contributed by atoms with van der Waals surface area (Å²) in [5, 5.41) is 36.9. The Bertz CT molecular complexity index is 1010. The Morgan fingerprint density at radius 1 is 1.11 bits per heavy atom. The minimum Gasteiger partial charge on any atom is -0.426 e. The number of carbonyl (C=O) groups excluding carboxylic acids is 3. The zero-order valence-electron chi connectivity index (χ0n) is 21.6. The molecule has 0 radical (unpaired) electrons. The standard InChI is InChI=1S/C25H35BCl2N4O5/c1-15(2)11-17(14-29)23(33)30-10-6-5-7-21(25(35)32-22(26(36)37)12-16(3)4)31-24(34)19-13-18(27)8-9-20(19)28/h8-9,11,13,15-16,21-22,36-37H,5-7,10,12H2,1-4H3,(H,30,33)(H,31,34)(H,32,35)/t21?,22-/m0/s1. The number of halogens is 2. The quantitative estimate of drug-likeness (QED) is 0.103. The van der Waals surface area contributed by atoms with Gasteiger partial charge in [-0.15, -0.1) is 0 Å². The second-order valence-electron chi connectivity index (χ2n) is 9.50. The predicted molar refractivity (Wildman–Crippen MR) is 145 cm³/mol. The first-order chi connectivity index (χ1) is 17.3. The van der Waals surface area contributed by atoms with E-state index in [1.807, 2.05) is 33.8 Å². The van der Waals surface area contributed by atoms with Gasteiger partial charge in [0, 0.05) is 11.6 Å². The number of hydrogen-bond donors (Lipinski definition) is 5. The van der Waals surface area contributed by atoms with Gasteiger partial charge in [0.25, 0.3) is 11.8 Å². The minimum atomic E-state index is -1.77. The molecule has 0 spiro atoms. The zero-order valence-corrected chi connectivity index (χ0v) is 23.1. The van der Waals surface area contributed by atoms with E-state index in [0.717, 1.165) is 0 Å². The topological polar surface area (TPSA) is 152 Å². The van der Waals surface area contributed by atoms with Crippen LogP contribution in [0.2, 0.25) is 10.0 Å². The van der Waals surface area contributed by atoms with Gasteiger partial charge in [-0.1, -0.05) is 57.0 Å². The van der Waals surface area contributed by atoms with Gasteiger partial charge in [0.2, 0.25) is 5.91 Å². The molecule has 9 nitrogen and oxygen atoms in total. The maximum absolute atomic E-state index is 13.0. The lowest BCUT2D eigenvalue weighted by Crippen LogP contribution is -2.54. The molecule has 0 aliphatic heterocycles. The van der Waals surface area contributed by atoms with E-state index in [2.05, 4.69) is 16.0 Å². The molecule has 0 aliphatic rings. The van der Waals surface area contributed by atoms with Crippen LogP contribution in [-0.2, 0) is 9.59 Å². The van der Waals surface area contributed by atoms with Crippen LogP contribution in [0.5, 0.6) is 0 Å². The number of benzene rings is 1. The van der Waals surface area contributed by atoms with Crippen molar-refractivity contribution >= 4 is 48.0 Å². The van der Waals surface area contributed by atoms with Gasteiger partial charge >= 0.3 is 7.12 Å². The molecule has 1 rings (SSSR count). The van der Waals surface area contributed by atoms with Gasteiger partial charge in [-0.25, -0.2) is 0 Å². The number of carbonyl (C=O) groups is 3. The second kappa shape index (κ2) is 16.3. The predicted octanol–water partition coefficient (Wildman–Crippen LogP) is 3.03. The molecule has 1 unspecified atom stereocenters. The Morgan fingerprint density at radius 2 is 1.78 bits per heavy atom. The van der Waals surface area contributed by atoms with Crippen LogP contribution in [0.3, 0.4) is 0 Å². The van der Waals surface area contributed by atoms with Crippen LogP contribution in [0, 0.1) is 23.2 Å². The van der Waals surface area contributed by atoms with Crippen LogP contribution in [0.15, 0.2) is 29.8 Å². The molecule has 0 bridgehead atoms. The van der Waals surface area contributed by atoms with Crippen LogP contribution in [0.1, 0.15) is 63.7 Å². The normalized spacial score (nSPS) is 13.1. The number of rotatable bonds is 14. The molecular formula is C25H35BCl2N4O5. The molecule has 0 heterocycles. The summed E-state index contributed by atoms with van der Waals surface area (Å²) in [5.41, 5.74) is 0.137. The molecule has 1 aromatic carbocycles. The van der Waals surface area contributed by atoms with Gasteiger partial charge in [-0.2, -0.15) is 5.26 Å². The third-order valence-corrected chi connectivity index (χ3v) is 5.84. The molecular weight excluding hydrogens is 518 g/mol. The first-order valence-corrected chi connectivity index (χ1v) is 12.9. The van der Waals surface area contributed by atoms with Crippen LogP contribution in [-0.4, -0.2) is 53.4 Å². The third kappa shape index (κ3) is 12.0. The number of amides is 3. The van der Waals surface area contributed by atoms with Gasteiger partial charge in [0.15, 0.2) is 0 Å². The van der Waals surface area contributed by atoms with Crippen molar-refractivity contribution in [1.82, 2.24) is 16.0 Å². The van der Waals surface area contributed by atoms with E-state index in [-0.39, 0.29) is 41.0 Å². The first-order valence-electron chi connectivity index (χ1n) is 12.2. The SMILES string of the molecule is CC(C)C=C(C#N)C(=O)NCCCCC(NC(=O)c1cc(Cl)ccc1Cl)C(=O)N[C@@H](CC(C)C)B(O)O. The maximum atomic E-state index is 13.0. The van der Waals surface area contributed by atoms with E-state index in [1.165, 1.54) is 18.2 Å². The fraction of sp³-hybridized carbons (Fsp3) is 0.520. The third-order valence-electron chi connectivity index (χ3n) is 5.28. The maximum Gasteiger partial charge on any atom is 0.475 e. The highest BCUT2D eigenvalue weighted by Crippen LogP contribution is 2.21. The molecule has 2 atom stereocenters. The summed E-state index contributed by atoms with van der Waals surface area (Å²) in [6.07, 6.45) is 3.02. The highest BCUT2D eigenvalue weighted by atomic mass is 35.5. The lowest BCUT2D eigenvalue weighted by molar-refractivity contribution is -0.123. The van der Waals surface area contributed by atoms with Crippen LogP contribution in [0.4, 0.5) is 0 Å². The Labute approximate surface area is 228 Å². The molecule has 3 amide bonds. The first kappa shape index (κ1) is 32.5. The van der Waals surface area contributed by atoms with Crippen molar-refractivity contribution in [2.24, 2.45) is 11.8 Å². The molecule has 5 N–H and O–H groups in total. The number of nitriles is 1. The van der Waals surface area contributed by atoms with Crippen molar-refractivity contribution in [2.75, 3.05) is 6.54 Å². The van der Waals surface area contributed by atoms with Crippen molar-refractivity contribution in [3.8, 4) is 6.07 Å². The van der Waals surface area contributed by atoms with Crippen LogP contribution < -0.4 is 16.0 Å². The van der Waals surface area contributed by atoms with Gasteiger partial charge in [0.1, 0.15) is 17.7 Å². The summed E-state index contributed by atoms with van der Waals surface area (Å²) in [6.45, 7) is 7.75. The summed E-state index contributed by atoms with van der Waals surface area (Å²) in [6, 6.07) is 5.27.